The molecule has 0 radical (unpaired) electrons. The predicted molar refractivity (Wildman–Crippen MR) is 123 cm³/mol. The highest BCUT2D eigenvalue weighted by Crippen LogP contribution is 2.04. The van der Waals surface area contributed by atoms with E-state index in [2.05, 4.69) is 20.6 Å². The van der Waals surface area contributed by atoms with Gasteiger partial charge in [-0.1, -0.05) is 0 Å². The predicted octanol–water partition coefficient (Wildman–Crippen LogP) is -3.76. The number of hydrogen-bond donors (Lipinski definition) is 8. The van der Waals surface area contributed by atoms with Crippen molar-refractivity contribution in [2.45, 2.75) is 50.2 Å². The Morgan fingerprint density at radius 2 is 1.34 bits per heavy atom. The van der Waals surface area contributed by atoms with Gasteiger partial charge in [-0.25, -0.2) is 4.79 Å². The zero-order valence-corrected chi connectivity index (χ0v) is 19.0. The minimum absolute atomic E-state index is 0.0777. The highest BCUT2D eigenvalue weighted by molar-refractivity contribution is 7.84. The molecule has 0 aromatic heterocycles. The molecule has 0 aliphatic heterocycles. The van der Waals surface area contributed by atoms with Crippen molar-refractivity contribution in [2.75, 3.05) is 25.1 Å². The second-order valence-corrected chi connectivity index (χ2v) is 8.59. The molecule has 2 amide bonds. The van der Waals surface area contributed by atoms with Crippen LogP contribution in [0.4, 0.5) is 0 Å². The molecule has 0 fully saturated rings. The van der Waals surface area contributed by atoms with Gasteiger partial charge < -0.3 is 44.4 Å². The van der Waals surface area contributed by atoms with Crippen molar-refractivity contribution in [2.24, 2.45) is 38.7 Å². The molecule has 15 heteroatoms. The summed E-state index contributed by atoms with van der Waals surface area (Å²) in [5, 5.41) is 14.3. The van der Waals surface area contributed by atoms with E-state index in [9.17, 15) is 23.7 Å². The summed E-state index contributed by atoms with van der Waals surface area (Å²) >= 11 is 0. The van der Waals surface area contributed by atoms with E-state index in [0.717, 1.165) is 0 Å². The SMILES string of the molecule is CS(=O)CCC(N)C(=O)NC(CCCN=C(N)N)C(=O)NC(CCCN=C(N)N)C(=O)O. The maximum atomic E-state index is 12.7. The number of aliphatic imine (C=N–C) groups is 2. The lowest BCUT2D eigenvalue weighted by Crippen LogP contribution is -2.54. The van der Waals surface area contributed by atoms with Crippen LogP contribution in [0.25, 0.3) is 0 Å². The monoisotopic (exact) mass is 477 g/mol. The van der Waals surface area contributed by atoms with Crippen molar-refractivity contribution in [3.05, 3.63) is 0 Å². The molecule has 0 aliphatic carbocycles. The lowest BCUT2D eigenvalue weighted by molar-refractivity contribution is -0.142. The molecule has 0 bridgehead atoms. The number of guanidine groups is 2. The third-order valence-corrected chi connectivity index (χ3v) is 5.00. The topological polar surface area (TPSA) is 267 Å². The summed E-state index contributed by atoms with van der Waals surface area (Å²) in [5.74, 6) is -2.55. The summed E-state index contributed by atoms with van der Waals surface area (Å²) in [6.45, 7) is 0.415. The number of carboxylic acids is 1. The van der Waals surface area contributed by atoms with Crippen LogP contribution in [-0.2, 0) is 25.2 Å². The standard InChI is InChI=1S/C17H35N9O5S/c1-32(31)9-6-10(18)13(27)25-11(4-2-7-23-16(19)20)14(28)26-12(15(29)30)5-3-8-24-17(21)22/h10-12H,2-9,18H2,1H3,(H,25,27)(H,26,28)(H,29,30)(H4,19,20,23)(H4,21,22,24). The molecule has 0 saturated carbocycles. The quantitative estimate of drug-likeness (QED) is 0.0610. The Balaban J connectivity index is 5.13. The van der Waals surface area contributed by atoms with E-state index < -0.39 is 46.7 Å². The number of nitrogens with two attached hydrogens (primary N) is 5. The van der Waals surface area contributed by atoms with Crippen molar-refractivity contribution in [3.8, 4) is 0 Å². The molecular formula is C17H35N9O5S. The van der Waals surface area contributed by atoms with Crippen molar-refractivity contribution >= 4 is 40.5 Å². The number of rotatable bonds is 16. The molecule has 0 spiro atoms. The molecule has 4 unspecified atom stereocenters. The fourth-order valence-electron chi connectivity index (χ4n) is 2.51. The van der Waals surface area contributed by atoms with Gasteiger partial charge in [0.1, 0.15) is 12.1 Å². The normalized spacial score (nSPS) is 14.3. The van der Waals surface area contributed by atoms with Crippen LogP contribution in [0.2, 0.25) is 0 Å². The second kappa shape index (κ2) is 15.8. The molecular weight excluding hydrogens is 442 g/mol. The molecule has 184 valence electrons. The van der Waals surface area contributed by atoms with Crippen molar-refractivity contribution in [1.29, 1.82) is 0 Å². The number of nitrogens with zero attached hydrogens (tertiary/aromatic N) is 2. The van der Waals surface area contributed by atoms with Crippen LogP contribution in [0.1, 0.15) is 32.1 Å². The largest absolute Gasteiger partial charge is 0.480 e. The first-order valence-electron chi connectivity index (χ1n) is 9.94. The van der Waals surface area contributed by atoms with Crippen LogP contribution < -0.4 is 39.3 Å². The second-order valence-electron chi connectivity index (χ2n) is 7.03. The van der Waals surface area contributed by atoms with Gasteiger partial charge in [0.25, 0.3) is 0 Å². The summed E-state index contributed by atoms with van der Waals surface area (Å²) in [6, 6.07) is -3.24. The van der Waals surface area contributed by atoms with Crippen LogP contribution in [0.5, 0.6) is 0 Å². The Morgan fingerprint density at radius 1 is 0.875 bits per heavy atom. The summed E-state index contributed by atoms with van der Waals surface area (Å²) in [5.41, 5.74) is 26.8. The van der Waals surface area contributed by atoms with E-state index >= 15 is 0 Å². The Kier molecular flexibility index (Phi) is 14.3. The van der Waals surface area contributed by atoms with E-state index in [0.29, 0.717) is 12.8 Å². The Morgan fingerprint density at radius 3 is 1.78 bits per heavy atom. The third-order valence-electron chi connectivity index (χ3n) is 4.19. The molecule has 32 heavy (non-hydrogen) atoms. The van der Waals surface area contributed by atoms with Gasteiger partial charge in [0.15, 0.2) is 11.9 Å². The third kappa shape index (κ3) is 14.1. The minimum atomic E-state index is -1.24. The molecule has 0 heterocycles. The number of carbonyl (C=O) groups is 3. The summed E-state index contributed by atoms with van der Waals surface area (Å²) in [6.07, 6.45) is 2.53. The minimum Gasteiger partial charge on any atom is -0.480 e. The lowest BCUT2D eigenvalue weighted by atomic mass is 10.1. The van der Waals surface area contributed by atoms with E-state index in [-0.39, 0.29) is 50.0 Å². The first-order chi connectivity index (χ1) is 14.9. The van der Waals surface area contributed by atoms with Gasteiger partial charge in [0.2, 0.25) is 11.8 Å². The number of aliphatic carboxylic acids is 1. The highest BCUT2D eigenvalue weighted by Gasteiger charge is 2.27. The van der Waals surface area contributed by atoms with Crippen LogP contribution >= 0.6 is 0 Å². The smallest absolute Gasteiger partial charge is 0.326 e. The fourth-order valence-corrected chi connectivity index (χ4v) is 3.09. The van der Waals surface area contributed by atoms with Gasteiger partial charge in [-0.05, 0) is 32.1 Å². The van der Waals surface area contributed by atoms with E-state index in [1.54, 1.807) is 0 Å². The van der Waals surface area contributed by atoms with Gasteiger partial charge in [0, 0.05) is 35.9 Å². The summed E-state index contributed by atoms with van der Waals surface area (Å²) in [7, 11) is -1.12. The first-order valence-corrected chi connectivity index (χ1v) is 11.7. The molecule has 0 aliphatic rings. The molecule has 0 aromatic rings. The number of amides is 2. The van der Waals surface area contributed by atoms with Crippen LogP contribution in [0.3, 0.4) is 0 Å². The maximum absolute atomic E-state index is 12.7. The summed E-state index contributed by atoms with van der Waals surface area (Å²) < 4.78 is 11.2. The lowest BCUT2D eigenvalue weighted by Gasteiger charge is -2.22. The first kappa shape index (κ1) is 29.1. The van der Waals surface area contributed by atoms with Crippen molar-refractivity contribution in [1.82, 2.24) is 10.6 Å². The van der Waals surface area contributed by atoms with Crippen LogP contribution in [-0.4, -0.2) is 82.2 Å². The molecule has 13 N–H and O–H groups in total. The molecule has 0 aromatic carbocycles. The Labute approximate surface area is 189 Å². The van der Waals surface area contributed by atoms with Crippen LogP contribution in [0, 0.1) is 0 Å². The number of nitrogens with one attached hydrogen (secondary N) is 2. The number of hydrogen-bond acceptors (Lipinski definition) is 7. The molecule has 0 rings (SSSR count). The summed E-state index contributed by atoms with van der Waals surface area (Å²) in [4.78, 5) is 44.2. The van der Waals surface area contributed by atoms with Crippen LogP contribution in [0.15, 0.2) is 9.98 Å². The van der Waals surface area contributed by atoms with Crippen molar-refractivity contribution in [3.63, 3.8) is 0 Å². The highest BCUT2D eigenvalue weighted by atomic mass is 32.2. The van der Waals surface area contributed by atoms with E-state index in [1.807, 2.05) is 0 Å². The zero-order valence-electron chi connectivity index (χ0n) is 18.2. The maximum Gasteiger partial charge on any atom is 0.326 e. The van der Waals surface area contributed by atoms with E-state index in [1.165, 1.54) is 6.26 Å². The number of carbonyl (C=O) groups excluding carboxylic acids is 2. The fraction of sp³-hybridized carbons (Fsp3) is 0.706. The van der Waals surface area contributed by atoms with E-state index in [4.69, 9.17) is 28.7 Å². The van der Waals surface area contributed by atoms with Gasteiger partial charge >= 0.3 is 5.97 Å². The zero-order chi connectivity index (χ0) is 24.7. The average Bonchev–Trinajstić information content (AvgIpc) is 2.69. The average molecular weight is 478 g/mol. The molecule has 14 nitrogen and oxygen atoms in total. The van der Waals surface area contributed by atoms with Gasteiger partial charge in [-0.2, -0.15) is 0 Å². The molecule has 4 atom stereocenters. The van der Waals surface area contributed by atoms with Gasteiger partial charge in [0.05, 0.1) is 6.04 Å². The van der Waals surface area contributed by atoms with Gasteiger partial charge in [-0.15, -0.1) is 0 Å². The number of carboxylic acid groups (broad SMARTS) is 1. The molecule has 0 saturated heterocycles. The van der Waals surface area contributed by atoms with Crippen molar-refractivity contribution < 1.29 is 23.7 Å². The Hall–Kier alpha value is -2.94. The Bertz CT molecular complexity index is 709. The van der Waals surface area contributed by atoms with Gasteiger partial charge in [-0.3, -0.25) is 23.8 Å².